The van der Waals surface area contributed by atoms with Gasteiger partial charge in [-0.15, -0.1) is 0 Å². The van der Waals surface area contributed by atoms with Crippen molar-refractivity contribution in [3.8, 4) is 11.5 Å². The number of urea groups is 1. The second-order valence-corrected chi connectivity index (χ2v) is 7.69. The van der Waals surface area contributed by atoms with E-state index in [0.717, 1.165) is 37.5 Å². The van der Waals surface area contributed by atoms with Crippen LogP contribution >= 0.6 is 11.6 Å². The second-order valence-electron chi connectivity index (χ2n) is 7.25. The van der Waals surface area contributed by atoms with Crippen molar-refractivity contribution in [1.29, 1.82) is 0 Å². The Labute approximate surface area is 177 Å². The van der Waals surface area contributed by atoms with Crippen molar-refractivity contribution in [1.82, 2.24) is 10.2 Å². The summed E-state index contributed by atoms with van der Waals surface area (Å²) in [6, 6.07) is 13.1. The zero-order valence-electron chi connectivity index (χ0n) is 16.9. The number of halogens is 1. The summed E-state index contributed by atoms with van der Waals surface area (Å²) in [7, 11) is 3.16. The Morgan fingerprint density at radius 2 is 1.93 bits per heavy atom. The molecule has 29 heavy (non-hydrogen) atoms. The summed E-state index contributed by atoms with van der Waals surface area (Å²) in [6.07, 6.45) is 2.12. The first-order chi connectivity index (χ1) is 14.1. The molecule has 0 spiro atoms. The van der Waals surface area contributed by atoms with Crippen LogP contribution < -0.4 is 20.1 Å². The molecule has 0 bridgehead atoms. The highest BCUT2D eigenvalue weighted by Crippen LogP contribution is 2.29. The summed E-state index contributed by atoms with van der Waals surface area (Å²) in [6.45, 7) is 3.62. The molecule has 0 aliphatic carbocycles. The lowest BCUT2D eigenvalue weighted by Gasteiger charge is -2.32. The molecule has 2 N–H and O–H groups in total. The van der Waals surface area contributed by atoms with Gasteiger partial charge in [-0.25, -0.2) is 4.79 Å². The smallest absolute Gasteiger partial charge is 0.319 e. The molecule has 1 aliphatic heterocycles. The molecule has 3 rings (SSSR count). The average molecular weight is 418 g/mol. The maximum absolute atomic E-state index is 12.3. The van der Waals surface area contributed by atoms with Crippen LogP contribution in [0.5, 0.6) is 11.5 Å². The van der Waals surface area contributed by atoms with Gasteiger partial charge in [0.05, 0.1) is 19.9 Å². The molecule has 0 saturated carbocycles. The summed E-state index contributed by atoms with van der Waals surface area (Å²) in [5, 5.41) is 6.60. The van der Waals surface area contributed by atoms with Gasteiger partial charge < -0.3 is 20.1 Å². The van der Waals surface area contributed by atoms with Crippen molar-refractivity contribution in [3.05, 3.63) is 53.1 Å². The number of hydrogen-bond donors (Lipinski definition) is 2. The molecule has 156 valence electrons. The van der Waals surface area contributed by atoms with E-state index in [1.54, 1.807) is 32.4 Å². The van der Waals surface area contributed by atoms with Gasteiger partial charge in [0.25, 0.3) is 0 Å². The molecule has 1 heterocycles. The predicted octanol–water partition coefficient (Wildman–Crippen LogP) is 4.39. The standard InChI is InChI=1S/C22H28ClN3O3/c1-28-19-6-7-20(21(13-19)29-2)25-22(27)24-14-16-8-10-26(11-9-16)15-17-4-3-5-18(23)12-17/h3-7,12-13,16H,8-11,14-15H2,1-2H3,(H2,24,25,27). The lowest BCUT2D eigenvalue weighted by atomic mass is 9.96. The first-order valence-corrected chi connectivity index (χ1v) is 10.2. The van der Waals surface area contributed by atoms with Gasteiger partial charge in [0.2, 0.25) is 0 Å². The minimum atomic E-state index is -0.227. The highest BCUT2D eigenvalue weighted by Gasteiger charge is 2.20. The number of carbonyl (C=O) groups excluding carboxylic acids is 1. The molecular weight excluding hydrogens is 390 g/mol. The molecule has 2 aromatic carbocycles. The van der Waals surface area contributed by atoms with Gasteiger partial charge in [-0.05, 0) is 61.7 Å². The minimum Gasteiger partial charge on any atom is -0.497 e. The van der Waals surface area contributed by atoms with Crippen molar-refractivity contribution < 1.29 is 14.3 Å². The number of benzene rings is 2. The third kappa shape index (κ3) is 6.27. The molecule has 0 aromatic heterocycles. The zero-order chi connectivity index (χ0) is 20.6. The number of methoxy groups -OCH3 is 2. The average Bonchev–Trinajstić information content (AvgIpc) is 2.73. The fourth-order valence-corrected chi connectivity index (χ4v) is 3.76. The predicted molar refractivity (Wildman–Crippen MR) is 116 cm³/mol. The van der Waals surface area contributed by atoms with E-state index in [9.17, 15) is 4.79 Å². The van der Waals surface area contributed by atoms with E-state index in [-0.39, 0.29) is 6.03 Å². The van der Waals surface area contributed by atoms with Crippen LogP contribution in [0.1, 0.15) is 18.4 Å². The quantitative estimate of drug-likeness (QED) is 0.701. The number of amides is 2. The van der Waals surface area contributed by atoms with Crippen molar-refractivity contribution in [2.75, 3.05) is 39.2 Å². The van der Waals surface area contributed by atoms with Crippen LogP contribution in [0.4, 0.5) is 10.5 Å². The first-order valence-electron chi connectivity index (χ1n) is 9.81. The number of anilines is 1. The Kier molecular flexibility index (Phi) is 7.61. The van der Waals surface area contributed by atoms with Crippen LogP contribution in [-0.2, 0) is 6.54 Å². The fraction of sp³-hybridized carbons (Fsp3) is 0.409. The summed E-state index contributed by atoms with van der Waals surface area (Å²) in [4.78, 5) is 14.7. The van der Waals surface area contributed by atoms with Crippen molar-refractivity contribution in [2.24, 2.45) is 5.92 Å². The van der Waals surface area contributed by atoms with Gasteiger partial charge in [-0.1, -0.05) is 23.7 Å². The van der Waals surface area contributed by atoms with Crippen LogP contribution in [0.15, 0.2) is 42.5 Å². The Hall–Kier alpha value is -2.44. The third-order valence-electron chi connectivity index (χ3n) is 5.21. The first kappa shape index (κ1) is 21.3. The molecule has 0 radical (unpaired) electrons. The van der Waals surface area contributed by atoms with Crippen molar-refractivity contribution >= 4 is 23.3 Å². The molecule has 0 unspecified atom stereocenters. The van der Waals surface area contributed by atoms with Crippen LogP contribution in [0, 0.1) is 5.92 Å². The van der Waals surface area contributed by atoms with Gasteiger partial charge in [0.15, 0.2) is 0 Å². The SMILES string of the molecule is COc1ccc(NC(=O)NCC2CCN(Cc3cccc(Cl)c3)CC2)c(OC)c1. The number of nitrogens with one attached hydrogen (secondary N) is 2. The number of carbonyl (C=O) groups is 1. The highest BCUT2D eigenvalue weighted by molar-refractivity contribution is 6.30. The Bertz CT molecular complexity index is 823. The monoisotopic (exact) mass is 417 g/mol. The number of rotatable bonds is 7. The molecule has 0 atom stereocenters. The van der Waals surface area contributed by atoms with E-state index in [2.05, 4.69) is 21.6 Å². The lowest BCUT2D eigenvalue weighted by molar-refractivity contribution is 0.175. The molecule has 2 amide bonds. The Balaban J connectivity index is 1.41. The van der Waals surface area contributed by atoms with E-state index >= 15 is 0 Å². The van der Waals surface area contributed by atoms with E-state index in [1.165, 1.54) is 5.56 Å². The van der Waals surface area contributed by atoms with Crippen LogP contribution in [-0.4, -0.2) is 44.8 Å². The van der Waals surface area contributed by atoms with Crippen molar-refractivity contribution in [3.63, 3.8) is 0 Å². The number of piperidine rings is 1. The fourth-order valence-electron chi connectivity index (χ4n) is 3.55. The van der Waals surface area contributed by atoms with E-state index in [4.69, 9.17) is 21.1 Å². The largest absolute Gasteiger partial charge is 0.497 e. The van der Waals surface area contributed by atoms with Crippen LogP contribution in [0.2, 0.25) is 5.02 Å². The third-order valence-corrected chi connectivity index (χ3v) is 5.45. The molecule has 1 saturated heterocycles. The zero-order valence-corrected chi connectivity index (χ0v) is 17.7. The Morgan fingerprint density at radius 1 is 1.14 bits per heavy atom. The second kappa shape index (κ2) is 10.4. The van der Waals surface area contributed by atoms with Gasteiger partial charge in [-0.2, -0.15) is 0 Å². The van der Waals surface area contributed by atoms with Gasteiger partial charge in [0, 0.05) is 24.2 Å². The van der Waals surface area contributed by atoms with E-state index < -0.39 is 0 Å². The summed E-state index contributed by atoms with van der Waals surface area (Å²) in [5.41, 5.74) is 1.85. The summed E-state index contributed by atoms with van der Waals surface area (Å²) < 4.78 is 10.5. The highest BCUT2D eigenvalue weighted by atomic mass is 35.5. The number of nitrogens with zero attached hydrogens (tertiary/aromatic N) is 1. The normalized spacial score (nSPS) is 15.0. The van der Waals surface area contributed by atoms with Gasteiger partial charge >= 0.3 is 6.03 Å². The topological polar surface area (TPSA) is 62.8 Å². The molecule has 1 fully saturated rings. The molecule has 1 aliphatic rings. The van der Waals surface area contributed by atoms with E-state index in [1.807, 2.05) is 18.2 Å². The molecule has 2 aromatic rings. The molecule has 6 nitrogen and oxygen atoms in total. The number of ether oxygens (including phenoxy) is 2. The van der Waals surface area contributed by atoms with Crippen molar-refractivity contribution in [2.45, 2.75) is 19.4 Å². The molecular formula is C22H28ClN3O3. The molecule has 7 heteroatoms. The van der Waals surface area contributed by atoms with Gasteiger partial charge in [0.1, 0.15) is 11.5 Å². The summed E-state index contributed by atoms with van der Waals surface area (Å²) in [5.74, 6) is 1.72. The van der Waals surface area contributed by atoms with E-state index in [0.29, 0.717) is 29.6 Å². The van der Waals surface area contributed by atoms with Crippen LogP contribution in [0.3, 0.4) is 0 Å². The minimum absolute atomic E-state index is 0.227. The lowest BCUT2D eigenvalue weighted by Crippen LogP contribution is -2.39. The number of likely N-dealkylation sites (tertiary alicyclic amines) is 1. The summed E-state index contributed by atoms with van der Waals surface area (Å²) >= 11 is 6.07. The maximum atomic E-state index is 12.3. The number of hydrogen-bond acceptors (Lipinski definition) is 4. The van der Waals surface area contributed by atoms with Crippen LogP contribution in [0.25, 0.3) is 0 Å². The Morgan fingerprint density at radius 3 is 2.62 bits per heavy atom. The van der Waals surface area contributed by atoms with Gasteiger partial charge in [-0.3, -0.25) is 4.90 Å². The maximum Gasteiger partial charge on any atom is 0.319 e.